The topological polar surface area (TPSA) is 44.0 Å². The van der Waals surface area contributed by atoms with Gasteiger partial charge in [0.1, 0.15) is 0 Å². The molecule has 1 aromatic rings. The normalized spacial score (nSPS) is 23.2. The maximum atomic E-state index is 4.22. The van der Waals surface area contributed by atoms with Crippen LogP contribution in [0.3, 0.4) is 0 Å². The standard InChI is InChI=1S/C12H20N4/c1-2-10(3-1)12-11(8-14-15-12)9-16-6-4-13-5-7-16/h8,10,13H,1-7,9H2,(H,14,15). The maximum Gasteiger partial charge on any atom is 0.0535 e. The van der Waals surface area contributed by atoms with E-state index in [1.165, 1.54) is 30.5 Å². The Morgan fingerprint density at radius 1 is 1.31 bits per heavy atom. The van der Waals surface area contributed by atoms with Crippen LogP contribution in [-0.2, 0) is 6.54 Å². The van der Waals surface area contributed by atoms with Gasteiger partial charge in [-0.25, -0.2) is 0 Å². The molecule has 1 saturated carbocycles. The number of aromatic nitrogens is 2. The number of hydrogen-bond donors (Lipinski definition) is 2. The van der Waals surface area contributed by atoms with E-state index in [1.54, 1.807) is 0 Å². The molecule has 1 aromatic heterocycles. The molecule has 0 spiro atoms. The van der Waals surface area contributed by atoms with E-state index < -0.39 is 0 Å². The molecule has 0 amide bonds. The Morgan fingerprint density at radius 3 is 2.81 bits per heavy atom. The van der Waals surface area contributed by atoms with E-state index in [-0.39, 0.29) is 0 Å². The van der Waals surface area contributed by atoms with Crippen LogP contribution in [0.2, 0.25) is 0 Å². The van der Waals surface area contributed by atoms with Gasteiger partial charge >= 0.3 is 0 Å². The van der Waals surface area contributed by atoms with Gasteiger partial charge in [0.05, 0.1) is 6.20 Å². The molecular weight excluding hydrogens is 200 g/mol. The Morgan fingerprint density at radius 2 is 2.12 bits per heavy atom. The molecule has 16 heavy (non-hydrogen) atoms. The van der Waals surface area contributed by atoms with Crippen molar-refractivity contribution in [1.29, 1.82) is 0 Å². The Bertz CT molecular complexity index is 337. The minimum Gasteiger partial charge on any atom is -0.314 e. The predicted molar refractivity (Wildman–Crippen MR) is 63.3 cm³/mol. The zero-order chi connectivity index (χ0) is 10.8. The first kappa shape index (κ1) is 10.3. The molecule has 1 saturated heterocycles. The van der Waals surface area contributed by atoms with Crippen molar-refractivity contribution >= 4 is 0 Å². The van der Waals surface area contributed by atoms with E-state index >= 15 is 0 Å². The summed E-state index contributed by atoms with van der Waals surface area (Å²) >= 11 is 0. The fourth-order valence-electron chi connectivity index (χ4n) is 2.61. The summed E-state index contributed by atoms with van der Waals surface area (Å²) in [6.45, 7) is 5.64. The second kappa shape index (κ2) is 4.55. The summed E-state index contributed by atoms with van der Waals surface area (Å²) in [4.78, 5) is 2.52. The van der Waals surface area contributed by atoms with Crippen molar-refractivity contribution in [3.8, 4) is 0 Å². The summed E-state index contributed by atoms with van der Waals surface area (Å²) in [5.41, 5.74) is 2.83. The predicted octanol–water partition coefficient (Wildman–Crippen LogP) is 1.08. The number of piperazine rings is 1. The van der Waals surface area contributed by atoms with Gasteiger partial charge in [-0.05, 0) is 12.8 Å². The molecule has 0 radical (unpaired) electrons. The fraction of sp³-hybridized carbons (Fsp3) is 0.750. The van der Waals surface area contributed by atoms with Gasteiger partial charge in [0.15, 0.2) is 0 Å². The van der Waals surface area contributed by atoms with Crippen LogP contribution < -0.4 is 5.32 Å². The highest BCUT2D eigenvalue weighted by Gasteiger charge is 2.24. The first-order valence-electron chi connectivity index (χ1n) is 6.38. The van der Waals surface area contributed by atoms with Crippen molar-refractivity contribution in [3.63, 3.8) is 0 Å². The molecular formula is C12H20N4. The van der Waals surface area contributed by atoms with Crippen LogP contribution in [0.4, 0.5) is 0 Å². The van der Waals surface area contributed by atoms with Crippen molar-refractivity contribution in [3.05, 3.63) is 17.5 Å². The summed E-state index contributed by atoms with van der Waals surface area (Å²) in [6, 6.07) is 0. The highest BCUT2D eigenvalue weighted by atomic mass is 15.2. The third kappa shape index (κ3) is 1.99. The van der Waals surface area contributed by atoms with Crippen LogP contribution in [-0.4, -0.2) is 41.3 Å². The van der Waals surface area contributed by atoms with Crippen LogP contribution in [0.1, 0.15) is 36.4 Å². The largest absolute Gasteiger partial charge is 0.314 e. The molecule has 1 aliphatic carbocycles. The minimum atomic E-state index is 0.764. The lowest BCUT2D eigenvalue weighted by Gasteiger charge is -2.29. The second-order valence-corrected chi connectivity index (χ2v) is 4.96. The molecule has 3 rings (SSSR count). The molecule has 88 valence electrons. The maximum absolute atomic E-state index is 4.22. The molecule has 1 aliphatic heterocycles. The van der Waals surface area contributed by atoms with Gasteiger partial charge in [0.25, 0.3) is 0 Å². The molecule has 0 bridgehead atoms. The minimum absolute atomic E-state index is 0.764. The number of H-pyrrole nitrogens is 1. The summed E-state index contributed by atoms with van der Waals surface area (Å²) in [7, 11) is 0. The molecule has 0 aromatic carbocycles. The number of hydrogen-bond acceptors (Lipinski definition) is 3. The Balaban J connectivity index is 1.66. The van der Waals surface area contributed by atoms with E-state index in [4.69, 9.17) is 0 Å². The first-order chi connectivity index (χ1) is 7.93. The molecule has 0 unspecified atom stereocenters. The molecule has 2 aliphatic rings. The van der Waals surface area contributed by atoms with E-state index in [1.807, 2.05) is 6.20 Å². The lowest BCUT2D eigenvalue weighted by atomic mass is 9.81. The molecule has 0 atom stereocenters. The SMILES string of the molecule is c1n[nH]c(C2CCC2)c1CN1CCNCC1. The number of aromatic amines is 1. The Kier molecular flexibility index (Phi) is 2.93. The molecule has 4 heteroatoms. The van der Waals surface area contributed by atoms with Crippen LogP contribution in [0.15, 0.2) is 6.20 Å². The van der Waals surface area contributed by atoms with E-state index in [0.29, 0.717) is 0 Å². The van der Waals surface area contributed by atoms with Gasteiger partial charge in [-0.3, -0.25) is 10.00 Å². The third-order valence-electron chi connectivity index (χ3n) is 3.87. The highest BCUT2D eigenvalue weighted by molar-refractivity contribution is 5.22. The van der Waals surface area contributed by atoms with E-state index in [0.717, 1.165) is 38.6 Å². The molecule has 4 nitrogen and oxygen atoms in total. The number of rotatable bonds is 3. The Labute approximate surface area is 96.4 Å². The van der Waals surface area contributed by atoms with Gasteiger partial charge in [-0.2, -0.15) is 5.10 Å². The Hall–Kier alpha value is -0.870. The summed E-state index contributed by atoms with van der Waals surface area (Å²) in [5.74, 6) is 0.764. The second-order valence-electron chi connectivity index (χ2n) is 4.96. The lowest BCUT2D eigenvalue weighted by molar-refractivity contribution is 0.231. The smallest absolute Gasteiger partial charge is 0.0535 e. The average Bonchev–Trinajstić information content (AvgIpc) is 2.66. The van der Waals surface area contributed by atoms with Crippen molar-refractivity contribution in [2.24, 2.45) is 0 Å². The van der Waals surface area contributed by atoms with Gasteiger partial charge in [-0.15, -0.1) is 0 Å². The van der Waals surface area contributed by atoms with Crippen molar-refractivity contribution in [1.82, 2.24) is 20.4 Å². The summed E-state index contributed by atoms with van der Waals surface area (Å²) < 4.78 is 0. The van der Waals surface area contributed by atoms with Crippen LogP contribution in [0.5, 0.6) is 0 Å². The zero-order valence-electron chi connectivity index (χ0n) is 9.71. The van der Waals surface area contributed by atoms with Gasteiger partial charge in [0.2, 0.25) is 0 Å². The molecule has 2 N–H and O–H groups in total. The lowest BCUT2D eigenvalue weighted by Crippen LogP contribution is -2.43. The number of nitrogens with one attached hydrogen (secondary N) is 2. The molecule has 2 fully saturated rings. The van der Waals surface area contributed by atoms with Crippen LogP contribution in [0.25, 0.3) is 0 Å². The highest BCUT2D eigenvalue weighted by Crippen LogP contribution is 2.36. The first-order valence-corrected chi connectivity index (χ1v) is 6.38. The van der Waals surface area contributed by atoms with E-state index in [9.17, 15) is 0 Å². The number of nitrogens with zero attached hydrogens (tertiary/aromatic N) is 2. The van der Waals surface area contributed by atoms with E-state index in [2.05, 4.69) is 20.4 Å². The summed E-state index contributed by atoms with van der Waals surface area (Å²) in [5, 5.41) is 10.8. The third-order valence-corrected chi connectivity index (χ3v) is 3.87. The van der Waals surface area contributed by atoms with Gasteiger partial charge < -0.3 is 5.32 Å². The molecule has 2 heterocycles. The van der Waals surface area contributed by atoms with Crippen molar-refractivity contribution in [2.75, 3.05) is 26.2 Å². The monoisotopic (exact) mass is 220 g/mol. The fourth-order valence-corrected chi connectivity index (χ4v) is 2.61. The summed E-state index contributed by atoms with van der Waals surface area (Å²) in [6.07, 6.45) is 6.10. The zero-order valence-corrected chi connectivity index (χ0v) is 9.71. The quantitative estimate of drug-likeness (QED) is 0.801. The van der Waals surface area contributed by atoms with Crippen molar-refractivity contribution in [2.45, 2.75) is 31.7 Å². The van der Waals surface area contributed by atoms with Gasteiger partial charge in [-0.1, -0.05) is 6.42 Å². The average molecular weight is 220 g/mol. The van der Waals surface area contributed by atoms with Crippen molar-refractivity contribution < 1.29 is 0 Å². The van der Waals surface area contributed by atoms with Gasteiger partial charge in [0, 0.05) is 49.9 Å². The van der Waals surface area contributed by atoms with Crippen LogP contribution in [0, 0.1) is 0 Å². The van der Waals surface area contributed by atoms with Crippen LogP contribution >= 0.6 is 0 Å².